The molecule has 2 aliphatic rings. The minimum Gasteiger partial charge on any atom is -0.479 e. The molecule has 8 nitrogen and oxygen atoms in total. The maximum absolute atomic E-state index is 13.3. The molecule has 1 amide bonds. The van der Waals surface area contributed by atoms with Crippen LogP contribution in [0.25, 0.3) is 22.2 Å². The normalized spacial score (nSPS) is 17.8. The molecule has 0 saturated carbocycles. The lowest BCUT2D eigenvalue weighted by molar-refractivity contribution is -0.138. The maximum atomic E-state index is 13.3. The Morgan fingerprint density at radius 3 is 2.76 bits per heavy atom. The first-order valence-corrected chi connectivity index (χ1v) is 11.3. The molecule has 0 aliphatic carbocycles. The highest BCUT2D eigenvalue weighted by molar-refractivity contribution is 6.31. The zero-order valence-corrected chi connectivity index (χ0v) is 18.5. The zero-order valence-electron chi connectivity index (χ0n) is 17.7. The monoisotopic (exact) mass is 460 g/mol. The van der Waals surface area contributed by atoms with Crippen LogP contribution in [0.3, 0.4) is 0 Å². The van der Waals surface area contributed by atoms with E-state index in [1.807, 2.05) is 41.4 Å². The topological polar surface area (TPSA) is 87.2 Å². The summed E-state index contributed by atoms with van der Waals surface area (Å²) in [5.74, 6) is 1.62. The standard InChI is InChI=1S/C24H21ClN6O2/c25-16-11-15-12-20(24(32)31-9-7-30(8-10-31)21-3-4-26-14-29-21)33-22(15)19(13-16)17-1-5-27-23-18(17)2-6-28-23/h1-6,11,13-14,20H,7-10,12H2,(H,27,28)/t20-/m0/s1. The van der Waals surface area contributed by atoms with Gasteiger partial charge in [-0.15, -0.1) is 0 Å². The van der Waals surface area contributed by atoms with Gasteiger partial charge in [0.1, 0.15) is 23.5 Å². The molecule has 0 radical (unpaired) electrons. The first-order chi connectivity index (χ1) is 16.2. The quantitative estimate of drug-likeness (QED) is 0.504. The molecule has 0 spiro atoms. The fraction of sp³-hybridized carbons (Fsp3) is 0.250. The van der Waals surface area contributed by atoms with Crippen LogP contribution in [0.15, 0.2) is 55.2 Å². The summed E-state index contributed by atoms with van der Waals surface area (Å²) in [7, 11) is 0. The number of anilines is 1. The summed E-state index contributed by atoms with van der Waals surface area (Å²) in [6.07, 6.45) is 6.86. The van der Waals surface area contributed by atoms with E-state index in [1.54, 1.807) is 18.7 Å². The third kappa shape index (κ3) is 3.56. The molecule has 1 fully saturated rings. The molecule has 4 aromatic rings. The van der Waals surface area contributed by atoms with E-state index in [-0.39, 0.29) is 5.91 Å². The number of amides is 1. The van der Waals surface area contributed by atoms with Crippen molar-refractivity contribution in [3.63, 3.8) is 0 Å². The Morgan fingerprint density at radius 2 is 1.94 bits per heavy atom. The number of carbonyl (C=O) groups excluding carboxylic acids is 1. The van der Waals surface area contributed by atoms with Gasteiger partial charge in [-0.2, -0.15) is 0 Å². The first kappa shape index (κ1) is 20.0. The van der Waals surface area contributed by atoms with Gasteiger partial charge in [0.15, 0.2) is 6.10 Å². The van der Waals surface area contributed by atoms with Gasteiger partial charge in [-0.1, -0.05) is 11.6 Å². The maximum Gasteiger partial charge on any atom is 0.264 e. The van der Waals surface area contributed by atoms with Crippen LogP contribution >= 0.6 is 11.6 Å². The molecule has 5 heterocycles. The second-order valence-electron chi connectivity index (χ2n) is 8.23. The Balaban J connectivity index is 1.22. The molecule has 0 unspecified atom stereocenters. The number of fused-ring (bicyclic) bond motifs is 2. The van der Waals surface area contributed by atoms with Crippen molar-refractivity contribution in [1.29, 1.82) is 0 Å². The second-order valence-corrected chi connectivity index (χ2v) is 8.67. The number of piperazine rings is 1. The summed E-state index contributed by atoms with van der Waals surface area (Å²) < 4.78 is 6.28. The molecule has 1 N–H and O–H groups in total. The second kappa shape index (κ2) is 8.04. The summed E-state index contributed by atoms with van der Waals surface area (Å²) >= 11 is 6.46. The third-order valence-corrected chi connectivity index (χ3v) is 6.52. The van der Waals surface area contributed by atoms with Crippen LogP contribution in [0.4, 0.5) is 5.82 Å². The Hall–Kier alpha value is -3.65. The predicted molar refractivity (Wildman–Crippen MR) is 125 cm³/mol. The molecular formula is C24H21ClN6O2. The summed E-state index contributed by atoms with van der Waals surface area (Å²) in [6.45, 7) is 2.70. The zero-order chi connectivity index (χ0) is 22.4. The van der Waals surface area contributed by atoms with Gasteiger partial charge in [-0.05, 0) is 35.9 Å². The molecular weight excluding hydrogens is 440 g/mol. The van der Waals surface area contributed by atoms with Crippen LogP contribution < -0.4 is 9.64 Å². The highest BCUT2D eigenvalue weighted by Gasteiger charge is 2.35. The fourth-order valence-electron chi connectivity index (χ4n) is 4.69. The number of hydrogen-bond acceptors (Lipinski definition) is 6. The van der Waals surface area contributed by atoms with Gasteiger partial charge >= 0.3 is 0 Å². The van der Waals surface area contributed by atoms with Gasteiger partial charge in [0.25, 0.3) is 5.91 Å². The van der Waals surface area contributed by atoms with Gasteiger partial charge in [0.05, 0.1) is 0 Å². The number of H-pyrrole nitrogens is 1. The van der Waals surface area contributed by atoms with Crippen molar-refractivity contribution < 1.29 is 9.53 Å². The van der Waals surface area contributed by atoms with E-state index in [9.17, 15) is 4.79 Å². The van der Waals surface area contributed by atoms with Crippen LogP contribution in [-0.2, 0) is 11.2 Å². The Morgan fingerprint density at radius 1 is 1.06 bits per heavy atom. The van der Waals surface area contributed by atoms with E-state index in [0.29, 0.717) is 24.5 Å². The van der Waals surface area contributed by atoms with Crippen molar-refractivity contribution in [2.45, 2.75) is 12.5 Å². The number of pyridine rings is 1. The lowest BCUT2D eigenvalue weighted by atomic mass is 9.99. The van der Waals surface area contributed by atoms with Gasteiger partial charge in [-0.3, -0.25) is 4.79 Å². The number of benzene rings is 1. The molecule has 1 saturated heterocycles. The van der Waals surface area contributed by atoms with Crippen molar-refractivity contribution in [2.24, 2.45) is 0 Å². The Kier molecular flexibility index (Phi) is 4.87. The molecule has 1 atom stereocenters. The number of rotatable bonds is 3. The molecule has 1 aromatic carbocycles. The molecule has 6 rings (SSSR count). The van der Waals surface area contributed by atoms with E-state index in [1.165, 1.54) is 0 Å². The predicted octanol–water partition coefficient (Wildman–Crippen LogP) is 3.33. The number of nitrogens with zero attached hydrogens (tertiary/aromatic N) is 5. The summed E-state index contributed by atoms with van der Waals surface area (Å²) in [5, 5.41) is 1.61. The van der Waals surface area contributed by atoms with Crippen LogP contribution in [0, 0.1) is 0 Å². The number of nitrogens with one attached hydrogen (secondary N) is 1. The number of ether oxygens (including phenoxy) is 1. The van der Waals surface area contributed by atoms with Crippen molar-refractivity contribution in [2.75, 3.05) is 31.1 Å². The van der Waals surface area contributed by atoms with Crippen molar-refractivity contribution in [3.8, 4) is 16.9 Å². The van der Waals surface area contributed by atoms with Gasteiger partial charge in [-0.25, -0.2) is 15.0 Å². The molecule has 166 valence electrons. The largest absolute Gasteiger partial charge is 0.479 e. The van der Waals surface area contributed by atoms with Crippen molar-refractivity contribution >= 4 is 34.4 Å². The van der Waals surface area contributed by atoms with Crippen LogP contribution in [0.2, 0.25) is 5.02 Å². The Labute approximate surface area is 195 Å². The van der Waals surface area contributed by atoms with Crippen molar-refractivity contribution in [3.05, 3.63) is 65.8 Å². The van der Waals surface area contributed by atoms with Gasteiger partial charge in [0, 0.05) is 72.7 Å². The highest BCUT2D eigenvalue weighted by atomic mass is 35.5. The molecule has 3 aromatic heterocycles. The lowest BCUT2D eigenvalue weighted by Crippen LogP contribution is -2.52. The minimum atomic E-state index is -0.550. The summed E-state index contributed by atoms with van der Waals surface area (Å²) in [5.41, 5.74) is 3.62. The fourth-order valence-corrected chi connectivity index (χ4v) is 4.93. The number of aromatic amines is 1. The third-order valence-electron chi connectivity index (χ3n) is 6.30. The van der Waals surface area contributed by atoms with E-state index >= 15 is 0 Å². The minimum absolute atomic E-state index is 0.0112. The van der Waals surface area contributed by atoms with E-state index in [4.69, 9.17) is 16.3 Å². The lowest BCUT2D eigenvalue weighted by Gasteiger charge is -2.36. The summed E-state index contributed by atoms with van der Waals surface area (Å²) in [6, 6.07) is 9.62. The molecule has 2 aliphatic heterocycles. The van der Waals surface area contributed by atoms with Gasteiger partial charge < -0.3 is 19.5 Å². The number of aromatic nitrogens is 4. The molecule has 9 heteroatoms. The smallest absolute Gasteiger partial charge is 0.264 e. The number of hydrogen-bond donors (Lipinski definition) is 1. The average molecular weight is 461 g/mol. The molecule has 0 bridgehead atoms. The summed E-state index contributed by atoms with van der Waals surface area (Å²) in [4.78, 5) is 33.2. The van der Waals surface area contributed by atoms with Crippen LogP contribution in [0.1, 0.15) is 5.56 Å². The van der Waals surface area contributed by atoms with Crippen LogP contribution in [0.5, 0.6) is 5.75 Å². The van der Waals surface area contributed by atoms with E-state index in [2.05, 4.69) is 24.8 Å². The van der Waals surface area contributed by atoms with Gasteiger partial charge in [0.2, 0.25) is 0 Å². The highest BCUT2D eigenvalue weighted by Crippen LogP contribution is 2.43. The molecule has 33 heavy (non-hydrogen) atoms. The average Bonchev–Trinajstić information content (AvgIpc) is 3.51. The van der Waals surface area contributed by atoms with Crippen LogP contribution in [-0.4, -0.2) is 63.0 Å². The van der Waals surface area contributed by atoms with E-state index < -0.39 is 6.10 Å². The van der Waals surface area contributed by atoms with E-state index in [0.717, 1.165) is 52.4 Å². The number of halogens is 1. The first-order valence-electron chi connectivity index (χ1n) is 10.9. The van der Waals surface area contributed by atoms with Crippen molar-refractivity contribution in [1.82, 2.24) is 24.8 Å². The Bertz CT molecular complexity index is 1330. The number of carbonyl (C=O) groups is 1. The SMILES string of the molecule is O=C([C@@H]1Cc2cc(Cl)cc(-c3ccnc4[nH]ccc34)c2O1)N1CCN(c2ccncn2)CC1.